The van der Waals surface area contributed by atoms with Crippen molar-refractivity contribution >= 4 is 11.6 Å². The Morgan fingerprint density at radius 3 is 2.78 bits per heavy atom. The predicted octanol–water partition coefficient (Wildman–Crippen LogP) is 2.62. The van der Waals surface area contributed by atoms with Crippen molar-refractivity contribution < 1.29 is 9.53 Å². The molecule has 3 rings (SSSR count). The third-order valence-electron chi connectivity index (χ3n) is 3.71. The highest BCUT2D eigenvalue weighted by Crippen LogP contribution is 2.11. The molecule has 0 aliphatic carbocycles. The van der Waals surface area contributed by atoms with Gasteiger partial charge in [-0.2, -0.15) is 0 Å². The summed E-state index contributed by atoms with van der Waals surface area (Å²) in [5, 5.41) is 2.91. The maximum Gasteiger partial charge on any atom is 0.271 e. The number of nitrogens with one attached hydrogen (secondary N) is 1. The van der Waals surface area contributed by atoms with Crippen molar-refractivity contribution in [2.75, 3.05) is 13.7 Å². The number of carbonyl (C=O) groups is 1. The van der Waals surface area contributed by atoms with Gasteiger partial charge in [0, 0.05) is 18.9 Å². The van der Waals surface area contributed by atoms with Crippen LogP contribution in [0.5, 0.6) is 5.75 Å². The summed E-state index contributed by atoms with van der Waals surface area (Å²) in [5.41, 5.74) is 3.49. The first-order chi connectivity index (χ1) is 11.2. The molecular formula is C18H19N3O2. The maximum atomic E-state index is 12.2. The van der Waals surface area contributed by atoms with Crippen LogP contribution >= 0.6 is 0 Å². The molecule has 1 aromatic carbocycles. The Hall–Kier alpha value is -2.82. The summed E-state index contributed by atoms with van der Waals surface area (Å²) < 4.78 is 6.98. The van der Waals surface area contributed by atoms with Gasteiger partial charge >= 0.3 is 0 Å². The lowest BCUT2D eigenvalue weighted by Crippen LogP contribution is -2.25. The average Bonchev–Trinajstić information content (AvgIpc) is 2.98. The number of amides is 1. The molecule has 1 N–H and O–H groups in total. The normalized spacial score (nSPS) is 10.7. The summed E-state index contributed by atoms with van der Waals surface area (Å²) in [6.45, 7) is 2.57. The third kappa shape index (κ3) is 3.51. The van der Waals surface area contributed by atoms with Crippen LogP contribution in [0.1, 0.15) is 21.6 Å². The van der Waals surface area contributed by atoms with E-state index in [1.165, 1.54) is 0 Å². The van der Waals surface area contributed by atoms with Crippen molar-refractivity contribution in [1.82, 2.24) is 14.7 Å². The topological polar surface area (TPSA) is 55.6 Å². The Morgan fingerprint density at radius 2 is 2.04 bits per heavy atom. The van der Waals surface area contributed by atoms with Gasteiger partial charge in [0.05, 0.1) is 7.11 Å². The van der Waals surface area contributed by atoms with Crippen molar-refractivity contribution in [2.24, 2.45) is 0 Å². The molecule has 23 heavy (non-hydrogen) atoms. The van der Waals surface area contributed by atoms with Gasteiger partial charge in [0.15, 0.2) is 0 Å². The Kier molecular flexibility index (Phi) is 4.28. The number of methoxy groups -OCH3 is 1. The molecule has 0 unspecified atom stereocenters. The van der Waals surface area contributed by atoms with Gasteiger partial charge in [0.1, 0.15) is 17.1 Å². The van der Waals surface area contributed by atoms with Crippen LogP contribution in [0.3, 0.4) is 0 Å². The Bertz CT molecular complexity index is 822. The van der Waals surface area contributed by atoms with Crippen LogP contribution < -0.4 is 10.1 Å². The molecule has 0 spiro atoms. The van der Waals surface area contributed by atoms with Crippen LogP contribution in [-0.4, -0.2) is 28.9 Å². The van der Waals surface area contributed by atoms with Gasteiger partial charge in [0.25, 0.3) is 5.91 Å². The highest BCUT2D eigenvalue weighted by molar-refractivity contribution is 5.92. The van der Waals surface area contributed by atoms with Gasteiger partial charge in [-0.15, -0.1) is 0 Å². The number of hydrogen-bond donors (Lipinski definition) is 1. The minimum atomic E-state index is -0.153. The lowest BCUT2D eigenvalue weighted by atomic mass is 10.1. The van der Waals surface area contributed by atoms with Gasteiger partial charge in [-0.25, -0.2) is 4.98 Å². The second-order valence-corrected chi connectivity index (χ2v) is 5.45. The van der Waals surface area contributed by atoms with Gasteiger partial charge in [0.2, 0.25) is 0 Å². The van der Waals surface area contributed by atoms with Crippen LogP contribution in [0.4, 0.5) is 0 Å². The van der Waals surface area contributed by atoms with Crippen molar-refractivity contribution in [3.8, 4) is 5.75 Å². The summed E-state index contributed by atoms with van der Waals surface area (Å²) in [6, 6.07) is 11.8. The minimum Gasteiger partial charge on any atom is -0.497 e. The van der Waals surface area contributed by atoms with E-state index in [1.54, 1.807) is 13.3 Å². The highest BCUT2D eigenvalue weighted by Gasteiger charge is 2.10. The first kappa shape index (κ1) is 15.1. The predicted molar refractivity (Wildman–Crippen MR) is 89.0 cm³/mol. The Morgan fingerprint density at radius 1 is 1.26 bits per heavy atom. The summed E-state index contributed by atoms with van der Waals surface area (Å²) in [4.78, 5) is 16.5. The summed E-state index contributed by atoms with van der Waals surface area (Å²) in [7, 11) is 1.64. The number of rotatable bonds is 5. The van der Waals surface area contributed by atoms with Gasteiger partial charge in [-0.3, -0.25) is 4.79 Å². The second kappa shape index (κ2) is 6.52. The van der Waals surface area contributed by atoms with Gasteiger partial charge in [-0.05, 0) is 48.7 Å². The molecule has 0 aliphatic rings. The number of hydrogen-bond acceptors (Lipinski definition) is 3. The standard InChI is InChI=1S/C18H19N3O2/c1-13-8-10-21-12-16(20-17(21)11-13)18(22)19-9-7-14-3-5-15(23-2)6-4-14/h3-6,8,10-12H,7,9H2,1-2H3,(H,19,22). The third-order valence-corrected chi connectivity index (χ3v) is 3.71. The van der Waals surface area contributed by atoms with Crippen LogP contribution in [0.15, 0.2) is 48.8 Å². The number of carbonyl (C=O) groups excluding carboxylic acids is 1. The number of nitrogens with zero attached hydrogens (tertiary/aromatic N) is 2. The first-order valence-electron chi connectivity index (χ1n) is 7.52. The quantitative estimate of drug-likeness (QED) is 0.788. The monoisotopic (exact) mass is 309 g/mol. The van der Waals surface area contributed by atoms with E-state index < -0.39 is 0 Å². The van der Waals surface area contributed by atoms with E-state index in [0.717, 1.165) is 28.9 Å². The van der Waals surface area contributed by atoms with E-state index in [0.29, 0.717) is 12.2 Å². The van der Waals surface area contributed by atoms with E-state index in [4.69, 9.17) is 4.74 Å². The van der Waals surface area contributed by atoms with Crippen LogP contribution in [-0.2, 0) is 6.42 Å². The van der Waals surface area contributed by atoms with E-state index >= 15 is 0 Å². The number of imidazole rings is 1. The van der Waals surface area contributed by atoms with Crippen molar-refractivity contribution in [2.45, 2.75) is 13.3 Å². The molecular weight excluding hydrogens is 290 g/mol. The zero-order valence-corrected chi connectivity index (χ0v) is 13.2. The first-order valence-corrected chi connectivity index (χ1v) is 7.52. The molecule has 0 aliphatic heterocycles. The molecule has 0 atom stereocenters. The Balaban J connectivity index is 1.59. The van der Waals surface area contributed by atoms with Crippen molar-refractivity contribution in [3.05, 3.63) is 65.6 Å². The van der Waals surface area contributed by atoms with Crippen molar-refractivity contribution in [3.63, 3.8) is 0 Å². The number of benzene rings is 1. The lowest BCUT2D eigenvalue weighted by molar-refractivity contribution is 0.0950. The minimum absolute atomic E-state index is 0.153. The molecule has 1 amide bonds. The molecule has 118 valence electrons. The number of aryl methyl sites for hydroxylation is 1. The molecule has 2 aromatic heterocycles. The smallest absolute Gasteiger partial charge is 0.271 e. The van der Waals surface area contributed by atoms with E-state index in [2.05, 4.69) is 10.3 Å². The molecule has 0 bridgehead atoms. The number of ether oxygens (including phenoxy) is 1. The zero-order valence-electron chi connectivity index (χ0n) is 13.2. The second-order valence-electron chi connectivity index (χ2n) is 5.45. The Labute approximate surface area is 134 Å². The van der Waals surface area contributed by atoms with E-state index in [9.17, 15) is 4.79 Å². The summed E-state index contributed by atoms with van der Waals surface area (Å²) in [6.07, 6.45) is 4.42. The highest BCUT2D eigenvalue weighted by atomic mass is 16.5. The van der Waals surface area contributed by atoms with E-state index in [1.807, 2.05) is 53.9 Å². The fourth-order valence-corrected chi connectivity index (χ4v) is 2.40. The molecule has 5 nitrogen and oxygen atoms in total. The molecule has 0 saturated heterocycles. The number of aromatic nitrogens is 2. The SMILES string of the molecule is COc1ccc(CCNC(=O)c2cn3ccc(C)cc3n2)cc1. The molecule has 2 heterocycles. The van der Waals surface area contributed by atoms with Crippen molar-refractivity contribution in [1.29, 1.82) is 0 Å². The lowest BCUT2D eigenvalue weighted by Gasteiger charge is -2.04. The molecule has 5 heteroatoms. The van der Waals surface area contributed by atoms with E-state index in [-0.39, 0.29) is 5.91 Å². The molecule has 3 aromatic rings. The molecule has 0 fully saturated rings. The average molecular weight is 309 g/mol. The molecule has 0 radical (unpaired) electrons. The maximum absolute atomic E-state index is 12.2. The van der Waals surface area contributed by atoms with Crippen LogP contribution in [0.25, 0.3) is 5.65 Å². The van der Waals surface area contributed by atoms with Crippen LogP contribution in [0.2, 0.25) is 0 Å². The summed E-state index contributed by atoms with van der Waals surface area (Å²) in [5.74, 6) is 0.678. The fraction of sp³-hybridized carbons (Fsp3) is 0.222. The fourth-order valence-electron chi connectivity index (χ4n) is 2.40. The number of fused-ring (bicyclic) bond motifs is 1. The summed E-state index contributed by atoms with van der Waals surface area (Å²) >= 11 is 0. The molecule has 0 saturated carbocycles. The largest absolute Gasteiger partial charge is 0.497 e. The van der Waals surface area contributed by atoms with Gasteiger partial charge in [-0.1, -0.05) is 12.1 Å². The van der Waals surface area contributed by atoms with Gasteiger partial charge < -0.3 is 14.5 Å². The number of pyridine rings is 1. The van der Waals surface area contributed by atoms with Crippen LogP contribution in [0, 0.1) is 6.92 Å². The zero-order chi connectivity index (χ0) is 16.2.